The first-order valence-electron chi connectivity index (χ1n) is 13.1. The fraction of sp³-hybridized carbons (Fsp3) is 0.367. The highest BCUT2D eigenvalue weighted by Gasteiger charge is 2.23. The van der Waals surface area contributed by atoms with Gasteiger partial charge < -0.3 is 10.1 Å². The van der Waals surface area contributed by atoms with Crippen molar-refractivity contribution >= 4 is 34.0 Å². The van der Waals surface area contributed by atoms with E-state index >= 15 is 0 Å². The van der Waals surface area contributed by atoms with Crippen LogP contribution >= 0.6 is 11.6 Å². The Morgan fingerprint density at radius 2 is 1.81 bits per heavy atom. The number of morpholine rings is 1. The van der Waals surface area contributed by atoms with Crippen LogP contribution in [0.2, 0.25) is 5.02 Å². The van der Waals surface area contributed by atoms with E-state index < -0.39 is 0 Å². The van der Waals surface area contributed by atoms with Crippen LogP contribution in [0, 0.1) is 0 Å². The van der Waals surface area contributed by atoms with E-state index in [9.17, 15) is 0 Å². The Balaban J connectivity index is 1.53. The number of fused-ring (bicyclic) bond motifs is 1. The van der Waals surface area contributed by atoms with Crippen LogP contribution in [-0.2, 0) is 11.3 Å². The molecule has 0 spiro atoms. The number of benzene rings is 2. The molecule has 1 aliphatic heterocycles. The van der Waals surface area contributed by atoms with E-state index in [1.165, 1.54) is 5.56 Å². The van der Waals surface area contributed by atoms with Crippen LogP contribution in [0.25, 0.3) is 22.2 Å². The third-order valence-corrected chi connectivity index (χ3v) is 7.30. The number of nitrogens with zero attached hydrogens (tertiary/aromatic N) is 4. The Labute approximate surface area is 224 Å². The second-order valence-electron chi connectivity index (χ2n) is 10.1. The summed E-state index contributed by atoms with van der Waals surface area (Å²) in [6, 6.07) is 18.5. The van der Waals surface area contributed by atoms with Gasteiger partial charge in [-0.15, -0.1) is 0 Å². The molecule has 1 fully saturated rings. The molecular formula is C30H34ClN5O. The Morgan fingerprint density at radius 3 is 2.51 bits per heavy atom. The summed E-state index contributed by atoms with van der Waals surface area (Å²) in [6.45, 7) is 11.1. The van der Waals surface area contributed by atoms with E-state index in [1.54, 1.807) is 6.20 Å². The average Bonchev–Trinajstić information content (AvgIpc) is 2.88. The molecule has 5 rings (SSSR count). The lowest BCUT2D eigenvalue weighted by molar-refractivity contribution is -0.0710. The zero-order valence-electron chi connectivity index (χ0n) is 21.9. The quantitative estimate of drug-likeness (QED) is 0.280. The summed E-state index contributed by atoms with van der Waals surface area (Å²) in [5.74, 6) is 2.11. The van der Waals surface area contributed by atoms with Gasteiger partial charge in [0.25, 0.3) is 0 Å². The van der Waals surface area contributed by atoms with Gasteiger partial charge in [-0.2, -0.15) is 0 Å². The third-order valence-electron chi connectivity index (χ3n) is 6.99. The first kappa shape index (κ1) is 25.6. The molecule has 3 heterocycles. The number of pyridine rings is 1. The summed E-state index contributed by atoms with van der Waals surface area (Å²) in [6.07, 6.45) is 3.24. The molecular weight excluding hydrogens is 482 g/mol. The maximum absolute atomic E-state index is 6.46. The van der Waals surface area contributed by atoms with Crippen molar-refractivity contribution < 1.29 is 4.74 Å². The molecule has 3 atom stereocenters. The molecule has 4 aromatic rings. The van der Waals surface area contributed by atoms with Crippen LogP contribution in [0.1, 0.15) is 51.4 Å². The highest BCUT2D eigenvalue weighted by molar-refractivity contribution is 6.33. The molecule has 1 aliphatic rings. The standard InChI is InChI=1S/C30H34ClN5O/c1-5-19(2)22-8-11-24(12-9-22)33-30-25-13-10-23(29-26(31)7-6-14-32-29)15-27(25)34-28(35-30)18-36-16-20(3)37-21(4)17-36/h6-15,19-21H,5,16-18H2,1-4H3,(H,33,34,35)/t19?,20-,21+. The normalized spacial score (nSPS) is 19.2. The van der Waals surface area contributed by atoms with Crippen LogP contribution in [0.3, 0.4) is 0 Å². The van der Waals surface area contributed by atoms with Crippen LogP contribution in [0.4, 0.5) is 11.5 Å². The number of halogens is 1. The van der Waals surface area contributed by atoms with Crippen molar-refractivity contribution in [2.45, 2.75) is 58.8 Å². The molecule has 0 saturated carbocycles. The Morgan fingerprint density at radius 1 is 1.05 bits per heavy atom. The van der Waals surface area contributed by atoms with Crippen molar-refractivity contribution in [2.75, 3.05) is 18.4 Å². The smallest absolute Gasteiger partial charge is 0.145 e. The van der Waals surface area contributed by atoms with Crippen molar-refractivity contribution in [3.05, 3.63) is 77.2 Å². The number of hydrogen-bond acceptors (Lipinski definition) is 6. The number of nitrogens with one attached hydrogen (secondary N) is 1. The first-order chi connectivity index (χ1) is 17.9. The molecule has 0 aliphatic carbocycles. The van der Waals surface area contributed by atoms with Gasteiger partial charge in [0, 0.05) is 35.9 Å². The summed E-state index contributed by atoms with van der Waals surface area (Å²) in [4.78, 5) is 16.8. The maximum Gasteiger partial charge on any atom is 0.145 e. The zero-order chi connectivity index (χ0) is 25.9. The lowest BCUT2D eigenvalue weighted by Crippen LogP contribution is -2.45. The van der Waals surface area contributed by atoms with E-state index in [0.717, 1.165) is 59.0 Å². The van der Waals surface area contributed by atoms with Gasteiger partial charge in [-0.05, 0) is 68.1 Å². The summed E-state index contributed by atoms with van der Waals surface area (Å²) in [5, 5.41) is 5.13. The predicted octanol–water partition coefficient (Wildman–Crippen LogP) is 7.21. The largest absolute Gasteiger partial charge is 0.373 e. The monoisotopic (exact) mass is 515 g/mol. The molecule has 0 bridgehead atoms. The van der Waals surface area contributed by atoms with Gasteiger partial charge in [0.05, 0.1) is 35.0 Å². The second kappa shape index (κ2) is 11.1. The van der Waals surface area contributed by atoms with Gasteiger partial charge in [0.1, 0.15) is 11.6 Å². The Bertz CT molecular complexity index is 1370. The van der Waals surface area contributed by atoms with Crippen molar-refractivity contribution in [2.24, 2.45) is 0 Å². The van der Waals surface area contributed by atoms with E-state index in [2.05, 4.69) is 73.2 Å². The molecule has 1 unspecified atom stereocenters. The minimum Gasteiger partial charge on any atom is -0.373 e. The van der Waals surface area contributed by atoms with E-state index in [0.29, 0.717) is 17.5 Å². The van der Waals surface area contributed by atoms with Crippen molar-refractivity contribution in [3.8, 4) is 11.3 Å². The van der Waals surface area contributed by atoms with Gasteiger partial charge in [0.2, 0.25) is 0 Å². The summed E-state index contributed by atoms with van der Waals surface area (Å²) in [7, 11) is 0. The number of hydrogen-bond donors (Lipinski definition) is 1. The number of rotatable bonds is 7. The number of ether oxygens (including phenoxy) is 1. The van der Waals surface area contributed by atoms with Gasteiger partial charge in [-0.3, -0.25) is 9.88 Å². The predicted molar refractivity (Wildman–Crippen MR) is 151 cm³/mol. The second-order valence-corrected chi connectivity index (χ2v) is 10.5. The van der Waals surface area contributed by atoms with Crippen molar-refractivity contribution in [3.63, 3.8) is 0 Å². The van der Waals surface area contributed by atoms with Crippen LogP contribution in [0.15, 0.2) is 60.8 Å². The summed E-state index contributed by atoms with van der Waals surface area (Å²) < 4.78 is 5.92. The van der Waals surface area contributed by atoms with E-state index in [1.807, 2.05) is 24.3 Å². The summed E-state index contributed by atoms with van der Waals surface area (Å²) in [5.41, 5.74) is 4.88. The lowest BCUT2D eigenvalue weighted by Gasteiger charge is -2.34. The van der Waals surface area contributed by atoms with Crippen LogP contribution < -0.4 is 5.32 Å². The SMILES string of the molecule is CCC(C)c1ccc(Nc2nc(CN3C[C@@H](C)O[C@@H](C)C3)nc3cc(-c4ncccc4Cl)ccc23)cc1. The third kappa shape index (κ3) is 5.93. The number of anilines is 2. The zero-order valence-corrected chi connectivity index (χ0v) is 22.7. The minimum atomic E-state index is 0.184. The molecule has 37 heavy (non-hydrogen) atoms. The Kier molecular flexibility index (Phi) is 7.70. The molecule has 1 N–H and O–H groups in total. The van der Waals surface area contributed by atoms with Gasteiger partial charge in [0.15, 0.2) is 0 Å². The topological polar surface area (TPSA) is 63.2 Å². The molecule has 2 aromatic carbocycles. The summed E-state index contributed by atoms with van der Waals surface area (Å²) >= 11 is 6.46. The molecule has 7 heteroatoms. The van der Waals surface area contributed by atoms with Crippen LogP contribution in [-0.4, -0.2) is 45.1 Å². The van der Waals surface area contributed by atoms with Gasteiger partial charge in [-0.1, -0.05) is 43.6 Å². The average molecular weight is 516 g/mol. The van der Waals surface area contributed by atoms with Gasteiger partial charge in [-0.25, -0.2) is 9.97 Å². The highest BCUT2D eigenvalue weighted by atomic mass is 35.5. The molecule has 6 nitrogen and oxygen atoms in total. The minimum absolute atomic E-state index is 0.184. The lowest BCUT2D eigenvalue weighted by atomic mass is 9.98. The molecule has 0 amide bonds. The van der Waals surface area contributed by atoms with E-state index in [-0.39, 0.29) is 12.2 Å². The fourth-order valence-electron chi connectivity index (χ4n) is 4.97. The fourth-order valence-corrected chi connectivity index (χ4v) is 5.20. The van der Waals surface area contributed by atoms with Crippen molar-refractivity contribution in [1.29, 1.82) is 0 Å². The first-order valence-corrected chi connectivity index (χ1v) is 13.4. The maximum atomic E-state index is 6.46. The molecule has 2 aromatic heterocycles. The van der Waals surface area contributed by atoms with E-state index in [4.69, 9.17) is 26.3 Å². The molecule has 0 radical (unpaired) electrons. The highest BCUT2D eigenvalue weighted by Crippen LogP contribution is 2.31. The molecule has 1 saturated heterocycles. The number of aromatic nitrogens is 3. The van der Waals surface area contributed by atoms with Crippen molar-refractivity contribution in [1.82, 2.24) is 19.9 Å². The van der Waals surface area contributed by atoms with Gasteiger partial charge >= 0.3 is 0 Å². The Hall–Kier alpha value is -3.06. The molecule has 192 valence electrons. The van der Waals surface area contributed by atoms with Crippen LogP contribution in [0.5, 0.6) is 0 Å².